The maximum absolute atomic E-state index is 13.2. The highest BCUT2D eigenvalue weighted by atomic mass is 19.1. The van der Waals surface area contributed by atoms with Gasteiger partial charge in [-0.05, 0) is 80.2 Å². The molecule has 1 heterocycles. The van der Waals surface area contributed by atoms with Crippen molar-refractivity contribution in [3.8, 4) is 11.8 Å². The summed E-state index contributed by atoms with van der Waals surface area (Å²) < 4.78 is 13.2. The van der Waals surface area contributed by atoms with Crippen LogP contribution in [0.1, 0.15) is 47.6 Å². The van der Waals surface area contributed by atoms with E-state index in [1.54, 1.807) is 6.07 Å². The number of benzene rings is 2. The molecular weight excluding hydrogens is 285 g/mol. The van der Waals surface area contributed by atoms with Crippen molar-refractivity contribution >= 4 is 0 Å². The Morgan fingerprint density at radius 2 is 1.74 bits per heavy atom. The van der Waals surface area contributed by atoms with Gasteiger partial charge in [-0.15, -0.1) is 0 Å². The monoisotopic (exact) mass is 305 g/mol. The third kappa shape index (κ3) is 3.02. The number of nitrogens with zero attached hydrogens (tertiary/aromatic N) is 1. The van der Waals surface area contributed by atoms with E-state index in [9.17, 15) is 4.39 Å². The predicted octanol–water partition coefficient (Wildman–Crippen LogP) is 4.31. The molecule has 2 heteroatoms. The Hall–Kier alpha value is -2.11. The van der Waals surface area contributed by atoms with E-state index < -0.39 is 0 Å². The molecule has 2 aromatic carbocycles. The van der Waals surface area contributed by atoms with E-state index in [0.29, 0.717) is 6.04 Å². The van der Waals surface area contributed by atoms with Crippen LogP contribution in [0.25, 0.3) is 0 Å². The summed E-state index contributed by atoms with van der Waals surface area (Å²) in [5.41, 5.74) is 4.67. The molecule has 23 heavy (non-hydrogen) atoms. The molecule has 1 aliphatic heterocycles. The van der Waals surface area contributed by atoms with Crippen molar-refractivity contribution < 1.29 is 4.39 Å². The van der Waals surface area contributed by atoms with E-state index in [4.69, 9.17) is 0 Å². The van der Waals surface area contributed by atoms with Crippen molar-refractivity contribution in [1.82, 2.24) is 4.90 Å². The average molecular weight is 305 g/mol. The van der Waals surface area contributed by atoms with Crippen molar-refractivity contribution in [3.05, 3.63) is 70.5 Å². The molecule has 1 atom stereocenters. The molecule has 0 radical (unpaired) electrons. The van der Waals surface area contributed by atoms with Crippen LogP contribution in [-0.2, 0) is 6.42 Å². The highest BCUT2D eigenvalue weighted by Crippen LogP contribution is 2.37. The van der Waals surface area contributed by atoms with Gasteiger partial charge >= 0.3 is 0 Å². The summed E-state index contributed by atoms with van der Waals surface area (Å²) in [6.45, 7) is 2.48. The molecule has 0 saturated carbocycles. The average Bonchev–Trinajstić information content (AvgIpc) is 3.21. The fourth-order valence-corrected chi connectivity index (χ4v) is 3.82. The zero-order valence-corrected chi connectivity index (χ0v) is 13.2. The van der Waals surface area contributed by atoms with E-state index in [0.717, 1.165) is 17.5 Å². The summed E-state index contributed by atoms with van der Waals surface area (Å²) in [4.78, 5) is 2.63. The summed E-state index contributed by atoms with van der Waals surface area (Å²) in [6, 6.07) is 13.6. The first-order valence-corrected chi connectivity index (χ1v) is 8.44. The molecule has 4 rings (SSSR count). The van der Waals surface area contributed by atoms with Gasteiger partial charge < -0.3 is 0 Å². The molecule has 1 unspecified atom stereocenters. The highest BCUT2D eigenvalue weighted by Gasteiger charge is 2.29. The number of hydrogen-bond acceptors (Lipinski definition) is 1. The molecule has 2 aliphatic rings. The minimum Gasteiger partial charge on any atom is -0.296 e. The van der Waals surface area contributed by atoms with Crippen LogP contribution in [0.15, 0.2) is 42.5 Å². The Kier molecular flexibility index (Phi) is 3.89. The third-order valence-corrected chi connectivity index (χ3v) is 4.95. The maximum Gasteiger partial charge on any atom is 0.124 e. The lowest BCUT2D eigenvalue weighted by Crippen LogP contribution is -2.23. The Balaban J connectivity index is 1.57. The van der Waals surface area contributed by atoms with Crippen LogP contribution >= 0.6 is 0 Å². The highest BCUT2D eigenvalue weighted by molar-refractivity contribution is 5.47. The Morgan fingerprint density at radius 1 is 0.957 bits per heavy atom. The quantitative estimate of drug-likeness (QED) is 0.710. The maximum atomic E-state index is 13.2. The lowest BCUT2D eigenvalue weighted by molar-refractivity contribution is 0.245. The van der Waals surface area contributed by atoms with Gasteiger partial charge in [0, 0.05) is 17.2 Å². The molecule has 1 nitrogen and oxygen atoms in total. The molecule has 0 spiro atoms. The SMILES string of the molecule is Fc1cccc(C#Cc2ccc3c(c2)CCC3N2CCCC2)c1. The smallest absolute Gasteiger partial charge is 0.124 e. The van der Waals surface area contributed by atoms with Gasteiger partial charge in [-0.2, -0.15) is 0 Å². The van der Waals surface area contributed by atoms with Gasteiger partial charge in [-0.1, -0.05) is 24.0 Å². The molecule has 1 aliphatic carbocycles. The molecule has 2 aromatic rings. The Bertz CT molecular complexity index is 778. The Labute approximate surface area is 137 Å². The van der Waals surface area contributed by atoms with Gasteiger partial charge in [0.05, 0.1) is 0 Å². The van der Waals surface area contributed by atoms with Crippen LogP contribution in [0.4, 0.5) is 4.39 Å². The summed E-state index contributed by atoms with van der Waals surface area (Å²) >= 11 is 0. The van der Waals surface area contributed by atoms with Crippen molar-refractivity contribution in [3.63, 3.8) is 0 Å². The zero-order valence-electron chi connectivity index (χ0n) is 13.2. The normalized spacial score (nSPS) is 20.1. The van der Waals surface area contributed by atoms with Gasteiger partial charge in [0.2, 0.25) is 0 Å². The third-order valence-electron chi connectivity index (χ3n) is 4.95. The van der Waals surface area contributed by atoms with Gasteiger partial charge in [-0.3, -0.25) is 4.90 Å². The number of rotatable bonds is 1. The molecule has 116 valence electrons. The minimum atomic E-state index is -0.237. The number of hydrogen-bond donors (Lipinski definition) is 0. The summed E-state index contributed by atoms with van der Waals surface area (Å²) in [5, 5.41) is 0. The number of aryl methyl sites for hydroxylation is 1. The summed E-state index contributed by atoms with van der Waals surface area (Å²) in [5.74, 6) is 5.99. The minimum absolute atomic E-state index is 0.237. The standard InChI is InChI=1S/C21H20FN/c22-19-5-3-4-16(15-19)6-7-17-8-10-20-18(14-17)9-11-21(20)23-12-1-2-13-23/h3-5,8,10,14-15,21H,1-2,9,11-13H2. The molecule has 1 saturated heterocycles. The van der Waals surface area contributed by atoms with Crippen LogP contribution in [0, 0.1) is 17.7 Å². The van der Waals surface area contributed by atoms with E-state index in [-0.39, 0.29) is 5.82 Å². The molecule has 0 N–H and O–H groups in total. The fourth-order valence-electron chi connectivity index (χ4n) is 3.82. The van der Waals surface area contributed by atoms with E-state index in [1.165, 1.54) is 55.6 Å². The number of fused-ring (bicyclic) bond motifs is 1. The van der Waals surface area contributed by atoms with Crippen molar-refractivity contribution in [1.29, 1.82) is 0 Å². The van der Waals surface area contributed by atoms with E-state index >= 15 is 0 Å². The fraction of sp³-hybridized carbons (Fsp3) is 0.333. The van der Waals surface area contributed by atoms with Gasteiger partial charge in [-0.25, -0.2) is 4.39 Å². The molecule has 0 aromatic heterocycles. The second-order valence-corrected chi connectivity index (χ2v) is 6.47. The van der Waals surface area contributed by atoms with Crippen LogP contribution in [0.5, 0.6) is 0 Å². The summed E-state index contributed by atoms with van der Waals surface area (Å²) in [7, 11) is 0. The van der Waals surface area contributed by atoms with Crippen LogP contribution in [-0.4, -0.2) is 18.0 Å². The van der Waals surface area contributed by atoms with Crippen LogP contribution in [0.3, 0.4) is 0 Å². The zero-order chi connectivity index (χ0) is 15.6. The van der Waals surface area contributed by atoms with E-state index in [2.05, 4.69) is 34.9 Å². The van der Waals surface area contributed by atoms with Crippen molar-refractivity contribution in [2.75, 3.05) is 13.1 Å². The van der Waals surface area contributed by atoms with Crippen molar-refractivity contribution in [2.45, 2.75) is 31.7 Å². The number of likely N-dealkylation sites (tertiary alicyclic amines) is 1. The first kappa shape index (κ1) is 14.5. The first-order chi connectivity index (χ1) is 11.3. The van der Waals surface area contributed by atoms with E-state index in [1.807, 2.05) is 6.07 Å². The van der Waals surface area contributed by atoms with Gasteiger partial charge in [0.25, 0.3) is 0 Å². The van der Waals surface area contributed by atoms with Crippen LogP contribution in [0.2, 0.25) is 0 Å². The summed E-state index contributed by atoms with van der Waals surface area (Å²) in [6.07, 6.45) is 5.05. The van der Waals surface area contributed by atoms with Gasteiger partial charge in [0.15, 0.2) is 0 Å². The molecule has 1 fully saturated rings. The lowest BCUT2D eigenvalue weighted by atomic mass is 10.0. The molecular formula is C21H20FN. The van der Waals surface area contributed by atoms with Crippen LogP contribution < -0.4 is 0 Å². The topological polar surface area (TPSA) is 3.24 Å². The van der Waals surface area contributed by atoms with Crippen molar-refractivity contribution in [2.24, 2.45) is 0 Å². The second-order valence-electron chi connectivity index (χ2n) is 6.47. The Morgan fingerprint density at radius 3 is 2.52 bits per heavy atom. The molecule has 0 bridgehead atoms. The second kappa shape index (κ2) is 6.18. The lowest BCUT2D eigenvalue weighted by Gasteiger charge is -2.24. The molecule has 0 amide bonds. The first-order valence-electron chi connectivity index (χ1n) is 8.44. The largest absolute Gasteiger partial charge is 0.296 e. The number of halogens is 1. The van der Waals surface area contributed by atoms with Gasteiger partial charge in [0.1, 0.15) is 5.82 Å². The predicted molar refractivity (Wildman–Crippen MR) is 90.7 cm³/mol.